The summed E-state index contributed by atoms with van der Waals surface area (Å²) >= 11 is 0. The fourth-order valence-corrected chi connectivity index (χ4v) is 4.13. The molecule has 46 valence electrons. The third-order valence-corrected chi connectivity index (χ3v) is 4.54. The molecule has 0 heterocycles. The van der Waals surface area contributed by atoms with Gasteiger partial charge < -0.3 is 0 Å². The van der Waals surface area contributed by atoms with Crippen LogP contribution in [0, 0.1) is 35.0 Å². The van der Waals surface area contributed by atoms with Gasteiger partial charge in [0, 0.05) is 0 Å². The van der Waals surface area contributed by atoms with Crippen LogP contribution in [-0.2, 0) is 0 Å². The summed E-state index contributed by atoms with van der Waals surface area (Å²) < 4.78 is 0. The molecule has 4 saturated carbocycles. The Morgan fingerprint density at radius 3 is 2.56 bits per heavy atom. The van der Waals surface area contributed by atoms with E-state index in [1.54, 1.807) is 0 Å². The van der Waals surface area contributed by atoms with Gasteiger partial charge in [0.05, 0.1) is 0 Å². The van der Waals surface area contributed by atoms with E-state index < -0.39 is 0 Å². The van der Waals surface area contributed by atoms with Gasteiger partial charge in [0.15, 0.2) is 0 Å². The summed E-state index contributed by atoms with van der Waals surface area (Å²) in [5, 5.41) is 0. The molecule has 4 aliphatic rings. The fourth-order valence-electron chi connectivity index (χ4n) is 4.13. The van der Waals surface area contributed by atoms with Crippen LogP contribution in [0.4, 0.5) is 0 Å². The van der Waals surface area contributed by atoms with Gasteiger partial charge in [-0.1, -0.05) is 6.08 Å². The van der Waals surface area contributed by atoms with E-state index in [9.17, 15) is 0 Å². The predicted octanol–water partition coefficient (Wildman–Crippen LogP) is 1.68. The zero-order chi connectivity index (χ0) is 5.80. The van der Waals surface area contributed by atoms with Gasteiger partial charge in [0.2, 0.25) is 0 Å². The van der Waals surface area contributed by atoms with Gasteiger partial charge in [-0.25, -0.2) is 0 Å². The Morgan fingerprint density at radius 2 is 2.22 bits per heavy atom. The van der Waals surface area contributed by atoms with Gasteiger partial charge in [-0.2, -0.15) is 0 Å². The van der Waals surface area contributed by atoms with E-state index in [2.05, 4.69) is 12.7 Å². The molecule has 3 unspecified atom stereocenters. The lowest BCUT2D eigenvalue weighted by molar-refractivity contribution is 0.378. The van der Waals surface area contributed by atoms with Crippen molar-refractivity contribution >= 4 is 0 Å². The molecule has 4 aliphatic carbocycles. The number of fused-ring (bicyclic) bond motifs is 3. The van der Waals surface area contributed by atoms with Crippen LogP contribution in [0.5, 0.6) is 0 Å². The highest BCUT2D eigenvalue weighted by atomic mass is 15.1. The van der Waals surface area contributed by atoms with E-state index in [4.69, 9.17) is 0 Å². The monoisotopic (exact) mass is 118 g/mol. The maximum absolute atomic E-state index is 3.88. The third kappa shape index (κ3) is 0.161. The third-order valence-electron chi connectivity index (χ3n) is 4.54. The first-order valence-corrected chi connectivity index (χ1v) is 4.05. The van der Waals surface area contributed by atoms with Crippen molar-refractivity contribution in [2.75, 3.05) is 0 Å². The first-order valence-electron chi connectivity index (χ1n) is 4.05. The Bertz CT molecular complexity index is 230. The number of allylic oxidation sites excluding steroid dienone is 1. The predicted molar refractivity (Wildman–Crippen MR) is 34.7 cm³/mol. The summed E-state index contributed by atoms with van der Waals surface area (Å²) in [6, 6.07) is 0. The van der Waals surface area contributed by atoms with E-state index in [1.165, 1.54) is 24.2 Å². The highest BCUT2D eigenvalue weighted by Gasteiger charge is 3.06. The molecule has 0 amide bonds. The van der Waals surface area contributed by atoms with E-state index in [0.717, 1.165) is 17.3 Å². The largest absolute Gasteiger partial charge is 0.103 e. The smallest absolute Gasteiger partial charge is 0.0161 e. The standard InChI is InChI=1S/C9H10/c1-2-4-3-5-7-8-6(4)9(5,7)8/h2,4-8H,1,3H2/t4-,5?,6?,7-,8?,9-/m0/s1. The molecular weight excluding hydrogens is 108 g/mol. The Morgan fingerprint density at radius 1 is 1.33 bits per heavy atom. The molecule has 0 aromatic rings. The second-order valence-corrected chi connectivity index (χ2v) is 4.32. The number of hydrogen-bond donors (Lipinski definition) is 0. The van der Waals surface area contributed by atoms with Crippen LogP contribution in [0.2, 0.25) is 0 Å². The summed E-state index contributed by atoms with van der Waals surface area (Å²) in [6.07, 6.45) is 3.71. The van der Waals surface area contributed by atoms with Crippen LogP contribution in [0.1, 0.15) is 6.42 Å². The van der Waals surface area contributed by atoms with Crippen LogP contribution >= 0.6 is 0 Å². The second-order valence-electron chi connectivity index (χ2n) is 4.32. The van der Waals surface area contributed by atoms with Crippen LogP contribution in [0.3, 0.4) is 0 Å². The van der Waals surface area contributed by atoms with Crippen molar-refractivity contribution in [3.8, 4) is 0 Å². The summed E-state index contributed by atoms with van der Waals surface area (Å²) in [4.78, 5) is 0. The molecule has 1 spiro atoms. The zero-order valence-corrected chi connectivity index (χ0v) is 5.38. The van der Waals surface area contributed by atoms with Crippen molar-refractivity contribution < 1.29 is 0 Å². The number of hydrogen-bond acceptors (Lipinski definition) is 0. The summed E-state index contributed by atoms with van der Waals surface area (Å²) in [6.45, 7) is 3.88. The number of rotatable bonds is 1. The molecule has 6 atom stereocenters. The molecule has 0 nitrogen and oxygen atoms in total. The minimum Gasteiger partial charge on any atom is -0.103 e. The van der Waals surface area contributed by atoms with E-state index in [-0.39, 0.29) is 0 Å². The minimum atomic E-state index is 0.949. The quantitative estimate of drug-likeness (QED) is 0.459. The molecule has 4 fully saturated rings. The highest BCUT2D eigenvalue weighted by molar-refractivity contribution is 5.53. The Labute approximate surface area is 54.9 Å². The molecule has 0 heteroatoms. The minimum absolute atomic E-state index is 0.949. The summed E-state index contributed by atoms with van der Waals surface area (Å²) in [5.74, 6) is 5.81. The van der Waals surface area contributed by atoms with Gasteiger partial charge in [-0.3, -0.25) is 0 Å². The van der Waals surface area contributed by atoms with Crippen molar-refractivity contribution in [1.29, 1.82) is 0 Å². The summed E-state index contributed by atoms with van der Waals surface area (Å²) in [7, 11) is 0. The Balaban J connectivity index is 1.84. The molecule has 4 rings (SSSR count). The molecule has 0 aromatic heterocycles. The van der Waals surface area contributed by atoms with Gasteiger partial charge in [-0.15, -0.1) is 6.58 Å². The topological polar surface area (TPSA) is 0 Å². The van der Waals surface area contributed by atoms with Gasteiger partial charge in [0.25, 0.3) is 0 Å². The van der Waals surface area contributed by atoms with Crippen LogP contribution in [0.15, 0.2) is 12.7 Å². The molecule has 0 bridgehead atoms. The van der Waals surface area contributed by atoms with Crippen molar-refractivity contribution in [2.45, 2.75) is 6.42 Å². The Hall–Kier alpha value is -0.260. The molecular formula is C9H10. The molecule has 0 aliphatic heterocycles. The fraction of sp³-hybridized carbons (Fsp3) is 0.778. The van der Waals surface area contributed by atoms with Crippen LogP contribution < -0.4 is 0 Å². The molecule has 9 heavy (non-hydrogen) atoms. The average Bonchev–Trinajstić information content (AvgIpc) is 2.76. The van der Waals surface area contributed by atoms with E-state index >= 15 is 0 Å². The molecule has 0 N–H and O–H groups in total. The maximum atomic E-state index is 3.88. The lowest BCUT2D eigenvalue weighted by atomic mass is 9.89. The SMILES string of the molecule is C=C[C@H]1CC2[C@H]3C4C1[C@]243. The lowest BCUT2D eigenvalue weighted by Gasteiger charge is -2.15. The molecule has 0 radical (unpaired) electrons. The lowest BCUT2D eigenvalue weighted by Crippen LogP contribution is -2.08. The van der Waals surface area contributed by atoms with E-state index in [0.29, 0.717) is 0 Å². The van der Waals surface area contributed by atoms with E-state index in [1.807, 2.05) is 0 Å². The van der Waals surface area contributed by atoms with Crippen molar-refractivity contribution in [3.05, 3.63) is 12.7 Å². The van der Waals surface area contributed by atoms with Crippen LogP contribution in [0.25, 0.3) is 0 Å². The first-order chi connectivity index (χ1) is 4.42. The first kappa shape index (κ1) is 3.80. The van der Waals surface area contributed by atoms with Crippen molar-refractivity contribution in [1.82, 2.24) is 0 Å². The molecule has 0 aromatic carbocycles. The normalized spacial score (nSPS) is 85.1. The van der Waals surface area contributed by atoms with Gasteiger partial charge in [0.1, 0.15) is 0 Å². The van der Waals surface area contributed by atoms with Crippen molar-refractivity contribution in [3.63, 3.8) is 0 Å². The highest BCUT2D eigenvalue weighted by Crippen LogP contribution is 3.09. The summed E-state index contributed by atoms with van der Waals surface area (Å²) in [5.41, 5.74) is 1.01. The zero-order valence-electron chi connectivity index (χ0n) is 5.38. The maximum Gasteiger partial charge on any atom is -0.0161 e. The van der Waals surface area contributed by atoms with Gasteiger partial charge >= 0.3 is 0 Å². The van der Waals surface area contributed by atoms with Crippen molar-refractivity contribution in [2.24, 2.45) is 35.0 Å². The Kier molecular flexibility index (Phi) is 0.287. The molecule has 0 saturated heterocycles. The van der Waals surface area contributed by atoms with Crippen LogP contribution in [-0.4, -0.2) is 0 Å². The second kappa shape index (κ2) is 0.680. The van der Waals surface area contributed by atoms with Gasteiger partial charge in [-0.05, 0) is 41.4 Å². The average molecular weight is 118 g/mol.